The van der Waals surface area contributed by atoms with Crippen molar-refractivity contribution in [2.75, 3.05) is 0 Å². The molecule has 1 aromatic heterocycles. The summed E-state index contributed by atoms with van der Waals surface area (Å²) in [5, 5.41) is 9.59. The van der Waals surface area contributed by atoms with Crippen LogP contribution in [0, 0.1) is 11.3 Å². The average molecular weight is 212 g/mol. The summed E-state index contributed by atoms with van der Waals surface area (Å²) >= 11 is 0. The maximum Gasteiger partial charge on any atom is 0.232 e. The van der Waals surface area contributed by atoms with Crippen molar-refractivity contribution < 1.29 is 4.79 Å². The minimum Gasteiger partial charge on any atom is -0.350 e. The molecule has 2 aromatic rings. The summed E-state index contributed by atoms with van der Waals surface area (Å²) in [6, 6.07) is 9.71. The van der Waals surface area contributed by atoms with Crippen molar-refractivity contribution in [2.45, 2.75) is 12.8 Å². The topological polar surface area (TPSA) is 45.8 Å². The van der Waals surface area contributed by atoms with Gasteiger partial charge in [0.05, 0.1) is 0 Å². The van der Waals surface area contributed by atoms with Gasteiger partial charge in [0.2, 0.25) is 5.78 Å². The summed E-state index contributed by atoms with van der Waals surface area (Å²) in [6.07, 6.45) is 2.95. The number of aryl methyl sites for hydroxylation is 2. The molecule has 0 aliphatic rings. The normalized spacial score (nSPS) is 10.2. The van der Waals surface area contributed by atoms with E-state index in [1.54, 1.807) is 6.07 Å². The Morgan fingerprint density at radius 1 is 1.44 bits per heavy atom. The fourth-order valence-electron chi connectivity index (χ4n) is 1.93. The molecule has 0 saturated heterocycles. The van der Waals surface area contributed by atoms with Gasteiger partial charge in [-0.15, -0.1) is 0 Å². The van der Waals surface area contributed by atoms with Crippen molar-refractivity contribution in [1.82, 2.24) is 4.57 Å². The van der Waals surface area contributed by atoms with E-state index >= 15 is 0 Å². The van der Waals surface area contributed by atoms with E-state index in [4.69, 9.17) is 5.26 Å². The molecule has 80 valence electrons. The van der Waals surface area contributed by atoms with Gasteiger partial charge in [0.25, 0.3) is 0 Å². The molecule has 0 saturated carbocycles. The van der Waals surface area contributed by atoms with Crippen molar-refractivity contribution in [3.8, 4) is 6.07 Å². The van der Waals surface area contributed by atoms with Crippen LogP contribution in [0.3, 0.4) is 0 Å². The van der Waals surface area contributed by atoms with Crippen LogP contribution < -0.4 is 0 Å². The maximum absolute atomic E-state index is 11.0. The zero-order valence-electron chi connectivity index (χ0n) is 9.10. The third-order valence-electron chi connectivity index (χ3n) is 2.73. The lowest BCUT2D eigenvalue weighted by Gasteiger charge is -1.95. The van der Waals surface area contributed by atoms with E-state index in [0.717, 1.165) is 16.5 Å². The molecule has 0 aliphatic carbocycles. The van der Waals surface area contributed by atoms with Crippen molar-refractivity contribution in [3.05, 3.63) is 36.0 Å². The fourth-order valence-corrected chi connectivity index (χ4v) is 1.93. The van der Waals surface area contributed by atoms with Gasteiger partial charge in [-0.2, -0.15) is 5.26 Å². The number of hydrogen-bond donors (Lipinski definition) is 0. The van der Waals surface area contributed by atoms with Crippen LogP contribution in [0.5, 0.6) is 0 Å². The van der Waals surface area contributed by atoms with Gasteiger partial charge in [-0.1, -0.05) is 18.2 Å². The first kappa shape index (κ1) is 10.4. The van der Waals surface area contributed by atoms with Crippen molar-refractivity contribution in [3.63, 3.8) is 0 Å². The Hall–Kier alpha value is -2.08. The zero-order chi connectivity index (χ0) is 11.5. The fraction of sp³-hybridized carbons (Fsp3) is 0.231. The number of Topliss-reactive ketones (excluding diaryl/α,β-unsaturated/α-hetero) is 1. The number of para-hydroxylation sites is 1. The third kappa shape index (κ3) is 1.82. The SMILES string of the molecule is Cn1cc(CCC(=O)C#N)c2ccccc21. The molecular weight excluding hydrogens is 200 g/mol. The van der Waals surface area contributed by atoms with Gasteiger partial charge < -0.3 is 4.57 Å². The van der Waals surface area contributed by atoms with Gasteiger partial charge in [0, 0.05) is 30.6 Å². The summed E-state index contributed by atoms with van der Waals surface area (Å²) in [6.45, 7) is 0. The number of ketones is 1. The second kappa shape index (κ2) is 4.19. The number of rotatable bonds is 3. The molecule has 0 amide bonds. The van der Waals surface area contributed by atoms with Gasteiger partial charge in [0.15, 0.2) is 0 Å². The van der Waals surface area contributed by atoms with Crippen LogP contribution in [-0.4, -0.2) is 10.4 Å². The molecule has 0 spiro atoms. The number of fused-ring (bicyclic) bond motifs is 1. The van der Waals surface area contributed by atoms with E-state index in [2.05, 4.69) is 0 Å². The van der Waals surface area contributed by atoms with Crippen LogP contribution in [-0.2, 0) is 18.3 Å². The lowest BCUT2D eigenvalue weighted by molar-refractivity contribution is -0.113. The summed E-state index contributed by atoms with van der Waals surface area (Å²) in [5.41, 5.74) is 2.28. The number of aromatic nitrogens is 1. The van der Waals surface area contributed by atoms with Gasteiger partial charge in [0.1, 0.15) is 6.07 Å². The number of carbonyl (C=O) groups excluding carboxylic acids is 1. The molecule has 2 rings (SSSR count). The predicted octanol–water partition coefficient (Wildman–Crippen LogP) is 2.20. The highest BCUT2D eigenvalue weighted by atomic mass is 16.1. The largest absolute Gasteiger partial charge is 0.350 e. The zero-order valence-corrected chi connectivity index (χ0v) is 9.10. The Labute approximate surface area is 93.9 Å². The Bertz CT molecular complexity index is 575. The predicted molar refractivity (Wildman–Crippen MR) is 61.9 cm³/mol. The first-order valence-electron chi connectivity index (χ1n) is 5.18. The third-order valence-corrected chi connectivity index (χ3v) is 2.73. The molecule has 0 bridgehead atoms. The molecule has 0 fully saturated rings. The van der Waals surface area contributed by atoms with Gasteiger partial charge in [-0.3, -0.25) is 4.79 Å². The second-order valence-electron chi connectivity index (χ2n) is 3.82. The molecule has 0 unspecified atom stereocenters. The van der Waals surface area contributed by atoms with Crippen LogP contribution in [0.4, 0.5) is 0 Å². The standard InChI is InChI=1S/C13H12N2O/c1-15-9-10(6-7-11(16)8-14)12-4-2-3-5-13(12)15/h2-5,9H,6-7H2,1H3. The molecule has 0 atom stereocenters. The van der Waals surface area contributed by atoms with E-state index < -0.39 is 0 Å². The number of carbonyl (C=O) groups is 1. The van der Waals surface area contributed by atoms with Crippen molar-refractivity contribution in [2.24, 2.45) is 7.05 Å². The molecule has 3 nitrogen and oxygen atoms in total. The van der Waals surface area contributed by atoms with E-state index in [-0.39, 0.29) is 5.78 Å². The van der Waals surface area contributed by atoms with Crippen LogP contribution in [0.25, 0.3) is 10.9 Å². The summed E-state index contributed by atoms with van der Waals surface area (Å²) < 4.78 is 2.04. The number of nitriles is 1. The molecule has 3 heteroatoms. The second-order valence-corrected chi connectivity index (χ2v) is 3.82. The Morgan fingerprint density at radius 3 is 2.94 bits per heavy atom. The Kier molecular flexibility index (Phi) is 2.74. The minimum absolute atomic E-state index is 0.296. The molecule has 0 N–H and O–H groups in total. The van der Waals surface area contributed by atoms with Crippen molar-refractivity contribution in [1.29, 1.82) is 5.26 Å². The van der Waals surface area contributed by atoms with Crippen LogP contribution in [0.15, 0.2) is 30.5 Å². The highest BCUT2D eigenvalue weighted by molar-refractivity contribution is 5.93. The Balaban J connectivity index is 2.32. The molecule has 0 aliphatic heterocycles. The molecule has 16 heavy (non-hydrogen) atoms. The van der Waals surface area contributed by atoms with E-state index in [1.165, 1.54) is 0 Å². The highest BCUT2D eigenvalue weighted by Crippen LogP contribution is 2.21. The number of hydrogen-bond acceptors (Lipinski definition) is 2. The van der Waals surface area contributed by atoms with Gasteiger partial charge in [-0.25, -0.2) is 0 Å². The first-order valence-corrected chi connectivity index (χ1v) is 5.18. The monoisotopic (exact) mass is 212 g/mol. The van der Waals surface area contributed by atoms with E-state index in [9.17, 15) is 4.79 Å². The van der Waals surface area contributed by atoms with E-state index in [1.807, 2.05) is 42.1 Å². The average Bonchev–Trinajstić information content (AvgIpc) is 2.64. The molecule has 1 aromatic carbocycles. The number of benzene rings is 1. The Morgan fingerprint density at radius 2 is 2.19 bits per heavy atom. The highest BCUT2D eigenvalue weighted by Gasteiger charge is 2.07. The van der Waals surface area contributed by atoms with Crippen LogP contribution in [0.2, 0.25) is 0 Å². The van der Waals surface area contributed by atoms with Gasteiger partial charge >= 0.3 is 0 Å². The lowest BCUT2D eigenvalue weighted by Crippen LogP contribution is -1.95. The molecule has 0 radical (unpaired) electrons. The lowest BCUT2D eigenvalue weighted by atomic mass is 10.1. The smallest absolute Gasteiger partial charge is 0.232 e. The van der Waals surface area contributed by atoms with Crippen LogP contribution >= 0.6 is 0 Å². The quantitative estimate of drug-likeness (QED) is 0.732. The summed E-state index contributed by atoms with van der Waals surface area (Å²) in [5.74, 6) is -0.354. The molecule has 1 heterocycles. The van der Waals surface area contributed by atoms with Gasteiger partial charge in [-0.05, 0) is 18.1 Å². The van der Waals surface area contributed by atoms with Crippen LogP contribution in [0.1, 0.15) is 12.0 Å². The van der Waals surface area contributed by atoms with E-state index in [0.29, 0.717) is 12.8 Å². The summed E-state index contributed by atoms with van der Waals surface area (Å²) in [4.78, 5) is 11.0. The minimum atomic E-state index is -0.354. The maximum atomic E-state index is 11.0. The molecular formula is C13H12N2O. The number of nitrogens with zero attached hydrogens (tertiary/aromatic N) is 2. The van der Waals surface area contributed by atoms with Crippen molar-refractivity contribution >= 4 is 16.7 Å². The first-order chi connectivity index (χ1) is 7.72. The summed E-state index contributed by atoms with van der Waals surface area (Å²) in [7, 11) is 1.98.